The molecule has 0 radical (unpaired) electrons. The van der Waals surface area contributed by atoms with E-state index in [1.165, 1.54) is 6.26 Å². The molecule has 2 rings (SSSR count). The first kappa shape index (κ1) is 11.0. The Hall–Kier alpha value is -0.550. The van der Waals surface area contributed by atoms with Crippen LogP contribution in [0.1, 0.15) is 12.8 Å². The van der Waals surface area contributed by atoms with Gasteiger partial charge >= 0.3 is 0 Å². The molecule has 0 N–H and O–H groups in total. The van der Waals surface area contributed by atoms with E-state index in [9.17, 15) is 8.42 Å². The summed E-state index contributed by atoms with van der Waals surface area (Å²) in [6, 6.07) is 4.93. The van der Waals surface area contributed by atoms with Crippen molar-refractivity contribution in [2.24, 2.45) is 0 Å². The summed E-state index contributed by atoms with van der Waals surface area (Å²) in [5.74, 6) is 0.618. The first-order valence-corrected chi connectivity index (χ1v) is 7.31. The van der Waals surface area contributed by atoms with Crippen molar-refractivity contribution in [3.8, 4) is 5.75 Å². The van der Waals surface area contributed by atoms with Gasteiger partial charge in [-0.15, -0.1) is 0 Å². The van der Waals surface area contributed by atoms with Gasteiger partial charge in [0.15, 0.2) is 9.84 Å². The Bertz CT molecular complexity index is 477. The standard InChI is InChI=1S/C10H11BrO3S/c1-15(12,13)10-5-7(11)4-9(6-10)14-8-2-3-8/h4-6,8H,2-3H2,1H3. The number of rotatable bonds is 3. The predicted octanol–water partition coefficient (Wildman–Crippen LogP) is 2.39. The maximum absolute atomic E-state index is 11.4. The zero-order valence-corrected chi connectivity index (χ0v) is 10.6. The molecule has 0 amide bonds. The third-order valence-corrected chi connectivity index (χ3v) is 3.65. The highest BCUT2D eigenvalue weighted by molar-refractivity contribution is 9.10. The normalized spacial score (nSPS) is 16.4. The highest BCUT2D eigenvalue weighted by atomic mass is 79.9. The van der Waals surface area contributed by atoms with Crippen LogP contribution in [0.3, 0.4) is 0 Å². The van der Waals surface area contributed by atoms with Gasteiger partial charge in [-0.1, -0.05) is 15.9 Å². The van der Waals surface area contributed by atoms with E-state index < -0.39 is 9.84 Å². The Morgan fingerprint density at radius 1 is 1.33 bits per heavy atom. The Morgan fingerprint density at radius 3 is 2.53 bits per heavy atom. The summed E-state index contributed by atoms with van der Waals surface area (Å²) in [5, 5.41) is 0. The van der Waals surface area contributed by atoms with Crippen LogP contribution in [0.25, 0.3) is 0 Å². The van der Waals surface area contributed by atoms with E-state index in [0.29, 0.717) is 5.75 Å². The van der Waals surface area contributed by atoms with Crippen LogP contribution in [-0.4, -0.2) is 20.8 Å². The van der Waals surface area contributed by atoms with Gasteiger partial charge in [-0.2, -0.15) is 0 Å². The lowest BCUT2D eigenvalue weighted by Gasteiger charge is -2.07. The second-order valence-corrected chi connectivity index (χ2v) is 6.64. The molecule has 15 heavy (non-hydrogen) atoms. The minimum absolute atomic E-state index is 0.270. The van der Waals surface area contributed by atoms with Crippen molar-refractivity contribution < 1.29 is 13.2 Å². The van der Waals surface area contributed by atoms with Gasteiger partial charge in [0, 0.05) is 10.7 Å². The molecule has 1 aromatic carbocycles. The Kier molecular flexibility index (Phi) is 2.77. The summed E-state index contributed by atoms with van der Waals surface area (Å²) in [5.41, 5.74) is 0. The third kappa shape index (κ3) is 2.95. The molecule has 1 saturated carbocycles. The number of hydrogen-bond donors (Lipinski definition) is 0. The molecule has 1 aliphatic rings. The van der Waals surface area contributed by atoms with Crippen LogP contribution < -0.4 is 4.74 Å². The van der Waals surface area contributed by atoms with Crippen LogP contribution in [-0.2, 0) is 9.84 Å². The van der Waals surface area contributed by atoms with Gasteiger partial charge in [0.25, 0.3) is 0 Å². The average molecular weight is 291 g/mol. The highest BCUT2D eigenvalue weighted by Crippen LogP contribution is 2.30. The fourth-order valence-corrected chi connectivity index (χ4v) is 2.49. The first-order valence-electron chi connectivity index (χ1n) is 4.62. The minimum Gasteiger partial charge on any atom is -0.490 e. The molecular weight excluding hydrogens is 280 g/mol. The Labute approximate surface area is 97.5 Å². The van der Waals surface area contributed by atoms with Gasteiger partial charge < -0.3 is 4.74 Å². The van der Waals surface area contributed by atoms with Gasteiger partial charge in [-0.25, -0.2) is 8.42 Å². The zero-order valence-electron chi connectivity index (χ0n) is 8.23. The van der Waals surface area contributed by atoms with E-state index in [0.717, 1.165) is 17.3 Å². The summed E-state index contributed by atoms with van der Waals surface area (Å²) in [4.78, 5) is 0.285. The number of ether oxygens (including phenoxy) is 1. The maximum Gasteiger partial charge on any atom is 0.175 e. The van der Waals surface area contributed by atoms with Crippen molar-refractivity contribution in [2.45, 2.75) is 23.8 Å². The molecule has 0 aliphatic heterocycles. The van der Waals surface area contributed by atoms with Crippen LogP contribution in [0, 0.1) is 0 Å². The minimum atomic E-state index is -3.17. The monoisotopic (exact) mass is 290 g/mol. The van der Waals surface area contributed by atoms with Crippen LogP contribution >= 0.6 is 15.9 Å². The van der Waals surface area contributed by atoms with Crippen molar-refractivity contribution in [1.29, 1.82) is 0 Å². The molecule has 0 bridgehead atoms. The molecule has 82 valence electrons. The maximum atomic E-state index is 11.4. The van der Waals surface area contributed by atoms with Crippen LogP contribution in [0.2, 0.25) is 0 Å². The SMILES string of the molecule is CS(=O)(=O)c1cc(Br)cc(OC2CC2)c1. The first-order chi connectivity index (χ1) is 6.95. The fourth-order valence-electron chi connectivity index (χ4n) is 1.20. The van der Waals surface area contributed by atoms with Crippen molar-refractivity contribution >= 4 is 25.8 Å². The van der Waals surface area contributed by atoms with Crippen LogP contribution in [0.5, 0.6) is 5.75 Å². The third-order valence-electron chi connectivity index (χ3n) is 2.10. The van der Waals surface area contributed by atoms with E-state index in [2.05, 4.69) is 15.9 Å². The molecular formula is C10H11BrO3S. The fraction of sp³-hybridized carbons (Fsp3) is 0.400. The Balaban J connectivity index is 2.35. The van der Waals surface area contributed by atoms with E-state index >= 15 is 0 Å². The van der Waals surface area contributed by atoms with Crippen molar-refractivity contribution in [1.82, 2.24) is 0 Å². The molecule has 0 unspecified atom stereocenters. The van der Waals surface area contributed by atoms with Gasteiger partial charge in [0.2, 0.25) is 0 Å². The average Bonchev–Trinajstić information content (AvgIpc) is 2.85. The second-order valence-electron chi connectivity index (χ2n) is 3.71. The lowest BCUT2D eigenvalue weighted by Crippen LogP contribution is -2.00. The lowest BCUT2D eigenvalue weighted by molar-refractivity contribution is 0.302. The molecule has 0 heterocycles. The summed E-state index contributed by atoms with van der Waals surface area (Å²) < 4.78 is 29.0. The van der Waals surface area contributed by atoms with Gasteiger partial charge in [0.05, 0.1) is 11.0 Å². The largest absolute Gasteiger partial charge is 0.490 e. The van der Waals surface area contributed by atoms with Crippen molar-refractivity contribution in [2.75, 3.05) is 6.26 Å². The topological polar surface area (TPSA) is 43.4 Å². The number of benzene rings is 1. The summed E-state index contributed by atoms with van der Waals surface area (Å²) in [7, 11) is -3.17. The zero-order chi connectivity index (χ0) is 11.1. The number of sulfone groups is 1. The van der Waals surface area contributed by atoms with Crippen molar-refractivity contribution in [3.05, 3.63) is 22.7 Å². The predicted molar refractivity (Wildman–Crippen MR) is 60.9 cm³/mol. The van der Waals surface area contributed by atoms with E-state index in [-0.39, 0.29) is 11.0 Å². The molecule has 0 atom stereocenters. The molecule has 1 aromatic rings. The summed E-state index contributed by atoms with van der Waals surface area (Å²) in [6.45, 7) is 0. The molecule has 0 saturated heterocycles. The van der Waals surface area contributed by atoms with E-state index in [1.807, 2.05) is 0 Å². The second kappa shape index (κ2) is 3.79. The molecule has 0 spiro atoms. The van der Waals surface area contributed by atoms with Crippen molar-refractivity contribution in [3.63, 3.8) is 0 Å². The Morgan fingerprint density at radius 2 is 2.00 bits per heavy atom. The van der Waals surface area contributed by atoms with Gasteiger partial charge in [-0.3, -0.25) is 0 Å². The number of hydrogen-bond acceptors (Lipinski definition) is 3. The quantitative estimate of drug-likeness (QED) is 0.859. The molecule has 1 aliphatic carbocycles. The molecule has 0 aromatic heterocycles. The van der Waals surface area contributed by atoms with Crippen LogP contribution in [0.4, 0.5) is 0 Å². The van der Waals surface area contributed by atoms with E-state index in [1.54, 1.807) is 18.2 Å². The summed E-state index contributed by atoms with van der Waals surface area (Å²) in [6.07, 6.45) is 3.57. The highest BCUT2D eigenvalue weighted by Gasteiger charge is 2.24. The molecule has 3 nitrogen and oxygen atoms in total. The molecule has 1 fully saturated rings. The smallest absolute Gasteiger partial charge is 0.175 e. The van der Waals surface area contributed by atoms with E-state index in [4.69, 9.17) is 4.74 Å². The van der Waals surface area contributed by atoms with Crippen LogP contribution in [0.15, 0.2) is 27.6 Å². The van der Waals surface area contributed by atoms with Gasteiger partial charge in [-0.05, 0) is 31.0 Å². The van der Waals surface area contributed by atoms with Gasteiger partial charge in [0.1, 0.15) is 5.75 Å². The molecule has 5 heteroatoms. The summed E-state index contributed by atoms with van der Waals surface area (Å²) >= 11 is 3.27. The number of halogens is 1. The lowest BCUT2D eigenvalue weighted by atomic mass is 10.3.